The average molecular weight is 262 g/mol. The van der Waals surface area contributed by atoms with Crippen LogP contribution in [0.4, 0.5) is 10.1 Å². The molecule has 1 aromatic carbocycles. The first kappa shape index (κ1) is 13.4. The number of hydrogen-bond donors (Lipinski definition) is 1. The van der Waals surface area contributed by atoms with E-state index in [-0.39, 0.29) is 5.82 Å². The number of nitrogens with two attached hydrogens (primary N) is 1. The standard InChI is InChI=1S/C14H19FN4/c1-2-7-17-14(16)19-10-8-18(9-11-19)13-5-3-12(15)4-6-13/h2-6H,1,7-11H2,(H2,16,17). The Morgan fingerprint density at radius 1 is 1.26 bits per heavy atom. The van der Waals surface area contributed by atoms with Gasteiger partial charge in [0.05, 0.1) is 6.54 Å². The highest BCUT2D eigenvalue weighted by molar-refractivity contribution is 5.78. The fraction of sp³-hybridized carbons (Fsp3) is 0.357. The molecule has 0 saturated carbocycles. The third-order valence-electron chi connectivity index (χ3n) is 3.18. The fourth-order valence-electron chi connectivity index (χ4n) is 2.10. The minimum Gasteiger partial charge on any atom is -0.370 e. The second-order valence-corrected chi connectivity index (χ2v) is 4.44. The van der Waals surface area contributed by atoms with Gasteiger partial charge in [-0.05, 0) is 24.3 Å². The van der Waals surface area contributed by atoms with Gasteiger partial charge in [-0.1, -0.05) is 6.08 Å². The van der Waals surface area contributed by atoms with Crippen LogP contribution in [-0.2, 0) is 0 Å². The Kier molecular flexibility index (Phi) is 4.39. The van der Waals surface area contributed by atoms with E-state index in [4.69, 9.17) is 5.73 Å². The normalized spacial score (nSPS) is 16.6. The number of piperazine rings is 1. The molecule has 1 saturated heterocycles. The van der Waals surface area contributed by atoms with Gasteiger partial charge < -0.3 is 15.5 Å². The summed E-state index contributed by atoms with van der Waals surface area (Å²) in [4.78, 5) is 8.49. The van der Waals surface area contributed by atoms with Crippen LogP contribution in [0.25, 0.3) is 0 Å². The minimum absolute atomic E-state index is 0.205. The number of rotatable bonds is 3. The highest BCUT2D eigenvalue weighted by Crippen LogP contribution is 2.16. The number of anilines is 1. The zero-order valence-corrected chi connectivity index (χ0v) is 10.9. The maximum absolute atomic E-state index is 12.9. The third-order valence-corrected chi connectivity index (χ3v) is 3.18. The van der Waals surface area contributed by atoms with Crippen molar-refractivity contribution in [2.24, 2.45) is 10.7 Å². The minimum atomic E-state index is -0.205. The molecule has 1 aliphatic rings. The smallest absolute Gasteiger partial charge is 0.191 e. The van der Waals surface area contributed by atoms with Crippen molar-refractivity contribution in [2.45, 2.75) is 0 Å². The van der Waals surface area contributed by atoms with Crippen LogP contribution in [0.5, 0.6) is 0 Å². The number of hydrogen-bond acceptors (Lipinski definition) is 2. The highest BCUT2D eigenvalue weighted by Gasteiger charge is 2.18. The summed E-state index contributed by atoms with van der Waals surface area (Å²) in [6.45, 7) is 7.52. The van der Waals surface area contributed by atoms with Gasteiger partial charge in [-0.3, -0.25) is 0 Å². The molecule has 0 amide bonds. The van der Waals surface area contributed by atoms with Crippen LogP contribution in [-0.4, -0.2) is 43.6 Å². The Morgan fingerprint density at radius 3 is 2.47 bits per heavy atom. The van der Waals surface area contributed by atoms with Crippen molar-refractivity contribution in [1.29, 1.82) is 0 Å². The number of guanidine groups is 1. The van der Waals surface area contributed by atoms with Crippen LogP contribution < -0.4 is 10.6 Å². The van der Waals surface area contributed by atoms with Crippen LogP contribution in [0.1, 0.15) is 0 Å². The van der Waals surface area contributed by atoms with Crippen LogP contribution in [0.2, 0.25) is 0 Å². The summed E-state index contributed by atoms with van der Waals surface area (Å²) in [6, 6.07) is 6.59. The molecule has 0 aromatic heterocycles. The van der Waals surface area contributed by atoms with Crippen molar-refractivity contribution in [2.75, 3.05) is 37.6 Å². The number of halogens is 1. The van der Waals surface area contributed by atoms with E-state index >= 15 is 0 Å². The maximum atomic E-state index is 12.9. The second kappa shape index (κ2) is 6.22. The zero-order valence-electron chi connectivity index (χ0n) is 10.9. The Hall–Kier alpha value is -2.04. The van der Waals surface area contributed by atoms with Gasteiger partial charge in [0.2, 0.25) is 0 Å². The largest absolute Gasteiger partial charge is 0.370 e. The molecule has 1 aliphatic heterocycles. The lowest BCUT2D eigenvalue weighted by Gasteiger charge is -2.36. The number of benzene rings is 1. The lowest BCUT2D eigenvalue weighted by Crippen LogP contribution is -2.51. The van der Waals surface area contributed by atoms with Crippen molar-refractivity contribution >= 4 is 11.6 Å². The fourth-order valence-corrected chi connectivity index (χ4v) is 2.10. The van der Waals surface area contributed by atoms with E-state index in [1.165, 1.54) is 12.1 Å². The van der Waals surface area contributed by atoms with Gasteiger partial charge in [-0.25, -0.2) is 9.38 Å². The second-order valence-electron chi connectivity index (χ2n) is 4.44. The van der Waals surface area contributed by atoms with Gasteiger partial charge in [0.15, 0.2) is 5.96 Å². The van der Waals surface area contributed by atoms with Gasteiger partial charge in [0.25, 0.3) is 0 Å². The predicted octanol–water partition coefficient (Wildman–Crippen LogP) is 1.45. The average Bonchev–Trinajstić information content (AvgIpc) is 2.46. The molecule has 0 atom stereocenters. The molecular weight excluding hydrogens is 243 g/mol. The van der Waals surface area contributed by atoms with Gasteiger partial charge in [0, 0.05) is 31.9 Å². The molecule has 0 unspecified atom stereocenters. The zero-order chi connectivity index (χ0) is 13.7. The van der Waals surface area contributed by atoms with Crippen LogP contribution >= 0.6 is 0 Å². The molecule has 0 bridgehead atoms. The molecule has 2 N–H and O–H groups in total. The van der Waals surface area contributed by atoms with Gasteiger partial charge >= 0.3 is 0 Å². The summed E-state index contributed by atoms with van der Waals surface area (Å²) in [5.74, 6) is 0.363. The first-order valence-corrected chi connectivity index (χ1v) is 6.37. The first-order chi connectivity index (χ1) is 9.20. The van der Waals surface area contributed by atoms with Crippen molar-refractivity contribution in [3.05, 3.63) is 42.7 Å². The van der Waals surface area contributed by atoms with Gasteiger partial charge in [-0.2, -0.15) is 0 Å². The summed E-state index contributed by atoms with van der Waals surface area (Å²) in [6.07, 6.45) is 1.72. The van der Waals surface area contributed by atoms with E-state index in [2.05, 4.69) is 21.4 Å². The summed E-state index contributed by atoms with van der Waals surface area (Å²) in [5, 5.41) is 0. The Bertz CT molecular complexity index is 447. The highest BCUT2D eigenvalue weighted by atomic mass is 19.1. The van der Waals surface area contributed by atoms with E-state index in [0.29, 0.717) is 12.5 Å². The van der Waals surface area contributed by atoms with Crippen molar-refractivity contribution < 1.29 is 4.39 Å². The van der Waals surface area contributed by atoms with Crippen molar-refractivity contribution in [1.82, 2.24) is 4.90 Å². The Labute approximate surface area is 113 Å². The lowest BCUT2D eigenvalue weighted by molar-refractivity contribution is 0.381. The molecule has 0 radical (unpaired) electrons. The van der Waals surface area contributed by atoms with Gasteiger partial charge in [0.1, 0.15) is 5.82 Å². The van der Waals surface area contributed by atoms with Gasteiger partial charge in [-0.15, -0.1) is 6.58 Å². The molecule has 2 rings (SSSR count). The quantitative estimate of drug-likeness (QED) is 0.509. The van der Waals surface area contributed by atoms with E-state index in [9.17, 15) is 4.39 Å². The predicted molar refractivity (Wildman–Crippen MR) is 76.9 cm³/mol. The van der Waals surface area contributed by atoms with Crippen LogP contribution in [0, 0.1) is 5.82 Å². The Balaban J connectivity index is 1.92. The molecule has 5 heteroatoms. The molecular formula is C14H19FN4. The van der Waals surface area contributed by atoms with E-state index in [1.807, 2.05) is 0 Å². The lowest BCUT2D eigenvalue weighted by atomic mass is 10.2. The van der Waals surface area contributed by atoms with E-state index in [0.717, 1.165) is 31.9 Å². The maximum Gasteiger partial charge on any atom is 0.191 e. The topological polar surface area (TPSA) is 44.9 Å². The van der Waals surface area contributed by atoms with Crippen LogP contribution in [0.3, 0.4) is 0 Å². The van der Waals surface area contributed by atoms with Crippen molar-refractivity contribution in [3.8, 4) is 0 Å². The molecule has 1 fully saturated rings. The van der Waals surface area contributed by atoms with E-state index < -0.39 is 0 Å². The number of aliphatic imine (C=N–C) groups is 1. The third kappa shape index (κ3) is 3.47. The summed E-state index contributed by atoms with van der Waals surface area (Å²) < 4.78 is 12.9. The summed E-state index contributed by atoms with van der Waals surface area (Å²) >= 11 is 0. The number of nitrogens with zero attached hydrogens (tertiary/aromatic N) is 3. The first-order valence-electron chi connectivity index (χ1n) is 6.37. The van der Waals surface area contributed by atoms with E-state index in [1.54, 1.807) is 18.2 Å². The SMILES string of the molecule is C=CCN=C(N)N1CCN(c2ccc(F)cc2)CC1. The molecule has 19 heavy (non-hydrogen) atoms. The molecule has 1 heterocycles. The molecule has 0 spiro atoms. The monoisotopic (exact) mass is 262 g/mol. The van der Waals surface area contributed by atoms with Crippen LogP contribution in [0.15, 0.2) is 41.9 Å². The molecule has 102 valence electrons. The summed E-state index contributed by atoms with van der Waals surface area (Å²) in [7, 11) is 0. The summed E-state index contributed by atoms with van der Waals surface area (Å²) in [5.41, 5.74) is 6.94. The molecule has 1 aromatic rings. The molecule has 4 nitrogen and oxygen atoms in total. The molecule has 0 aliphatic carbocycles. The Morgan fingerprint density at radius 2 is 1.89 bits per heavy atom. The van der Waals surface area contributed by atoms with Crippen molar-refractivity contribution in [3.63, 3.8) is 0 Å².